The van der Waals surface area contributed by atoms with E-state index in [0.717, 1.165) is 17.4 Å². The Hall–Kier alpha value is 0.0400. The first-order chi connectivity index (χ1) is 4.31. The van der Waals surface area contributed by atoms with Crippen LogP contribution in [0.1, 0.15) is 0 Å². The molecule has 0 heterocycles. The van der Waals surface area contributed by atoms with E-state index in [1.807, 2.05) is 7.05 Å². The van der Waals surface area contributed by atoms with Crippen LogP contribution in [-0.4, -0.2) is 30.7 Å². The largest absolute Gasteiger partial charge is 0.366 e. The molecule has 2 N–H and O–H groups in total. The SMILES string of the molecule is CNC(=S)NCCSC. The summed E-state index contributed by atoms with van der Waals surface area (Å²) in [5.41, 5.74) is 0. The van der Waals surface area contributed by atoms with Crippen LogP contribution < -0.4 is 10.6 Å². The van der Waals surface area contributed by atoms with Crippen LogP contribution in [0.2, 0.25) is 0 Å². The third kappa shape index (κ3) is 5.92. The number of hydrogen-bond acceptors (Lipinski definition) is 2. The number of hydrogen-bond donors (Lipinski definition) is 2. The molecule has 54 valence electrons. The first-order valence-electron chi connectivity index (χ1n) is 2.75. The van der Waals surface area contributed by atoms with Gasteiger partial charge < -0.3 is 10.6 Å². The second-order valence-electron chi connectivity index (χ2n) is 1.50. The maximum atomic E-state index is 4.84. The lowest BCUT2D eigenvalue weighted by Gasteiger charge is -2.03. The minimum Gasteiger partial charge on any atom is -0.366 e. The van der Waals surface area contributed by atoms with E-state index in [1.165, 1.54) is 0 Å². The summed E-state index contributed by atoms with van der Waals surface area (Å²) in [6.45, 7) is 0.945. The fourth-order valence-corrected chi connectivity index (χ4v) is 0.763. The van der Waals surface area contributed by atoms with E-state index in [9.17, 15) is 0 Å². The van der Waals surface area contributed by atoms with Crippen LogP contribution >= 0.6 is 24.0 Å². The summed E-state index contributed by atoms with van der Waals surface area (Å²) >= 11 is 6.64. The van der Waals surface area contributed by atoms with Gasteiger partial charge in [0.15, 0.2) is 5.11 Å². The van der Waals surface area contributed by atoms with Gasteiger partial charge in [0.1, 0.15) is 0 Å². The molecule has 0 aromatic carbocycles. The monoisotopic (exact) mass is 164 g/mol. The molecular formula is C5H12N2S2. The number of nitrogens with one attached hydrogen (secondary N) is 2. The van der Waals surface area contributed by atoms with Crippen molar-refractivity contribution < 1.29 is 0 Å². The summed E-state index contributed by atoms with van der Waals surface area (Å²) in [5.74, 6) is 1.10. The van der Waals surface area contributed by atoms with Crippen LogP contribution in [0.15, 0.2) is 0 Å². The summed E-state index contributed by atoms with van der Waals surface area (Å²) in [5, 5.41) is 6.59. The van der Waals surface area contributed by atoms with Gasteiger partial charge >= 0.3 is 0 Å². The van der Waals surface area contributed by atoms with Crippen LogP contribution in [0.4, 0.5) is 0 Å². The third-order valence-electron chi connectivity index (χ3n) is 0.819. The maximum Gasteiger partial charge on any atom is 0.166 e. The lowest BCUT2D eigenvalue weighted by molar-refractivity contribution is 0.944. The van der Waals surface area contributed by atoms with Crippen molar-refractivity contribution in [1.29, 1.82) is 0 Å². The van der Waals surface area contributed by atoms with Crippen LogP contribution in [0.3, 0.4) is 0 Å². The van der Waals surface area contributed by atoms with Gasteiger partial charge in [0, 0.05) is 19.3 Å². The number of rotatable bonds is 3. The van der Waals surface area contributed by atoms with E-state index >= 15 is 0 Å². The van der Waals surface area contributed by atoms with Crippen LogP contribution in [0.5, 0.6) is 0 Å². The average Bonchev–Trinajstić information content (AvgIpc) is 1.89. The van der Waals surface area contributed by atoms with Gasteiger partial charge in [-0.05, 0) is 18.5 Å². The fraction of sp³-hybridized carbons (Fsp3) is 0.800. The fourth-order valence-electron chi connectivity index (χ4n) is 0.355. The predicted octanol–water partition coefficient (Wildman–Crippen LogP) is 0.443. The van der Waals surface area contributed by atoms with Gasteiger partial charge in [-0.25, -0.2) is 0 Å². The second kappa shape index (κ2) is 6.16. The predicted molar refractivity (Wildman–Crippen MR) is 48.0 cm³/mol. The molecule has 0 bridgehead atoms. The zero-order valence-electron chi connectivity index (χ0n) is 5.73. The first kappa shape index (κ1) is 9.04. The van der Waals surface area contributed by atoms with E-state index in [4.69, 9.17) is 12.2 Å². The highest BCUT2D eigenvalue weighted by Crippen LogP contribution is 1.86. The van der Waals surface area contributed by atoms with E-state index in [1.54, 1.807) is 11.8 Å². The van der Waals surface area contributed by atoms with Crippen molar-refractivity contribution in [2.45, 2.75) is 0 Å². The summed E-state index contributed by atoms with van der Waals surface area (Å²) in [4.78, 5) is 0. The summed E-state index contributed by atoms with van der Waals surface area (Å²) in [6.07, 6.45) is 2.07. The van der Waals surface area contributed by atoms with Crippen molar-refractivity contribution in [2.24, 2.45) is 0 Å². The Morgan fingerprint density at radius 3 is 2.78 bits per heavy atom. The minimum absolute atomic E-state index is 0.726. The van der Waals surface area contributed by atoms with Crippen molar-refractivity contribution in [3.63, 3.8) is 0 Å². The minimum atomic E-state index is 0.726. The summed E-state index contributed by atoms with van der Waals surface area (Å²) < 4.78 is 0. The first-order valence-corrected chi connectivity index (χ1v) is 4.56. The van der Waals surface area contributed by atoms with Gasteiger partial charge in [-0.2, -0.15) is 11.8 Å². The molecule has 0 unspecified atom stereocenters. The highest BCUT2D eigenvalue weighted by molar-refractivity contribution is 7.98. The lowest BCUT2D eigenvalue weighted by Crippen LogP contribution is -2.33. The topological polar surface area (TPSA) is 24.1 Å². The zero-order chi connectivity index (χ0) is 7.11. The smallest absolute Gasteiger partial charge is 0.166 e. The van der Waals surface area contributed by atoms with Crippen molar-refractivity contribution in [1.82, 2.24) is 10.6 Å². The quantitative estimate of drug-likeness (QED) is 0.467. The normalized spacial score (nSPS) is 8.67. The van der Waals surface area contributed by atoms with Crippen LogP contribution in [0, 0.1) is 0 Å². The van der Waals surface area contributed by atoms with Gasteiger partial charge in [0.25, 0.3) is 0 Å². The van der Waals surface area contributed by atoms with Gasteiger partial charge in [0.2, 0.25) is 0 Å². The molecule has 9 heavy (non-hydrogen) atoms. The summed E-state index contributed by atoms with van der Waals surface area (Å²) in [6, 6.07) is 0. The molecular weight excluding hydrogens is 152 g/mol. The van der Waals surface area contributed by atoms with E-state index in [2.05, 4.69) is 16.9 Å². The molecule has 0 aromatic rings. The average molecular weight is 164 g/mol. The standard InChI is InChI=1S/C5H12N2S2/c1-6-5(8)7-3-4-9-2/h3-4H2,1-2H3,(H2,6,7,8). The lowest BCUT2D eigenvalue weighted by atomic mass is 10.7. The molecule has 0 aromatic heterocycles. The Balaban J connectivity index is 2.97. The Morgan fingerprint density at radius 2 is 2.33 bits per heavy atom. The Bertz CT molecular complexity index is 85.0. The van der Waals surface area contributed by atoms with E-state index in [-0.39, 0.29) is 0 Å². The number of thiocarbonyl (C=S) groups is 1. The van der Waals surface area contributed by atoms with Crippen molar-refractivity contribution in [3.8, 4) is 0 Å². The van der Waals surface area contributed by atoms with Crippen molar-refractivity contribution >= 4 is 29.1 Å². The van der Waals surface area contributed by atoms with E-state index in [0.29, 0.717) is 0 Å². The zero-order valence-corrected chi connectivity index (χ0v) is 7.36. The number of thioether (sulfide) groups is 1. The molecule has 0 saturated heterocycles. The molecule has 0 aliphatic rings. The van der Waals surface area contributed by atoms with Crippen LogP contribution in [-0.2, 0) is 0 Å². The van der Waals surface area contributed by atoms with Gasteiger partial charge in [-0.1, -0.05) is 0 Å². The second-order valence-corrected chi connectivity index (χ2v) is 2.89. The molecule has 2 nitrogen and oxygen atoms in total. The Kier molecular flexibility index (Phi) is 6.19. The molecule has 0 spiro atoms. The third-order valence-corrected chi connectivity index (χ3v) is 1.78. The molecule has 0 fully saturated rings. The van der Waals surface area contributed by atoms with Crippen LogP contribution in [0.25, 0.3) is 0 Å². The van der Waals surface area contributed by atoms with Gasteiger partial charge in [0.05, 0.1) is 0 Å². The highest BCUT2D eigenvalue weighted by Gasteiger charge is 1.86. The summed E-state index contributed by atoms with van der Waals surface area (Å²) in [7, 11) is 1.81. The molecule has 0 saturated carbocycles. The van der Waals surface area contributed by atoms with Gasteiger partial charge in [-0.15, -0.1) is 0 Å². The maximum absolute atomic E-state index is 4.84. The molecule has 0 aliphatic carbocycles. The molecule has 0 radical (unpaired) electrons. The molecule has 0 amide bonds. The molecule has 0 rings (SSSR count). The highest BCUT2D eigenvalue weighted by atomic mass is 32.2. The Labute approximate surface area is 65.8 Å². The molecule has 0 atom stereocenters. The van der Waals surface area contributed by atoms with Crippen molar-refractivity contribution in [3.05, 3.63) is 0 Å². The van der Waals surface area contributed by atoms with E-state index < -0.39 is 0 Å². The Morgan fingerprint density at radius 1 is 1.67 bits per heavy atom. The molecule has 0 aliphatic heterocycles. The molecule has 4 heteroatoms. The van der Waals surface area contributed by atoms with Crippen molar-refractivity contribution in [2.75, 3.05) is 25.6 Å². The van der Waals surface area contributed by atoms with Gasteiger partial charge in [-0.3, -0.25) is 0 Å².